The zero-order valence-corrected chi connectivity index (χ0v) is 28.7. The van der Waals surface area contributed by atoms with E-state index in [2.05, 4.69) is 38.8 Å². The Hall–Kier alpha value is -5.25. The topological polar surface area (TPSA) is 202 Å². The molecule has 3 heterocycles. The van der Waals surface area contributed by atoms with E-state index in [0.29, 0.717) is 31.1 Å². The van der Waals surface area contributed by atoms with Gasteiger partial charge in [0.25, 0.3) is 5.91 Å². The minimum atomic E-state index is -3.92. The second-order valence-electron chi connectivity index (χ2n) is 13.1. The molecule has 2 aliphatic carbocycles. The number of pyridine rings is 1. The van der Waals surface area contributed by atoms with Gasteiger partial charge >= 0.3 is 6.09 Å². The zero-order chi connectivity index (χ0) is 36.3. The molecule has 1 aromatic heterocycles. The van der Waals surface area contributed by atoms with Crippen molar-refractivity contribution in [3.05, 3.63) is 67.4 Å². The molecule has 1 saturated heterocycles. The Labute approximate surface area is 294 Å². The highest BCUT2D eigenvalue weighted by Crippen LogP contribution is 2.45. The fraction of sp³-hybridized carbons (Fsp3) is 0.429. The van der Waals surface area contributed by atoms with Gasteiger partial charge < -0.3 is 30.3 Å². The molecule has 2 saturated carbocycles. The van der Waals surface area contributed by atoms with Crippen LogP contribution in [0.4, 0.5) is 4.79 Å². The number of allylic oxidation sites excluding steroid dienone is 1. The minimum absolute atomic E-state index is 0.0394. The monoisotopic (exact) mass is 720 g/mol. The quantitative estimate of drug-likeness (QED) is 0.217. The van der Waals surface area contributed by atoms with Crippen LogP contribution in [0.2, 0.25) is 0 Å². The van der Waals surface area contributed by atoms with Gasteiger partial charge in [-0.05, 0) is 61.3 Å². The third kappa shape index (κ3) is 7.90. The maximum absolute atomic E-state index is 14.2. The molecule has 4 aliphatic rings. The molecule has 5 atom stereocenters. The van der Waals surface area contributed by atoms with Crippen LogP contribution in [-0.4, -0.2) is 96.7 Å². The van der Waals surface area contributed by atoms with Gasteiger partial charge in [-0.3, -0.25) is 23.9 Å². The number of rotatable bonds is 9. The molecule has 4 bridgehead atoms. The van der Waals surface area contributed by atoms with Crippen LogP contribution in [0.3, 0.4) is 0 Å². The summed E-state index contributed by atoms with van der Waals surface area (Å²) in [6.45, 7) is 6.72. The number of cyclic esters (lactones) is 1. The summed E-state index contributed by atoms with van der Waals surface area (Å²) in [7, 11) is -3.92. The van der Waals surface area contributed by atoms with Gasteiger partial charge in [0.2, 0.25) is 33.6 Å². The number of amides is 5. The largest absolute Gasteiger partial charge is 0.472 e. The number of carbonyl (C=O) groups excluding carboxylic acids is 5. The van der Waals surface area contributed by atoms with E-state index in [1.165, 1.54) is 11.0 Å². The molecule has 2 aliphatic heterocycles. The number of carbonyl (C=O) groups is 5. The molecule has 270 valence electrons. The van der Waals surface area contributed by atoms with E-state index in [4.69, 9.17) is 9.47 Å². The number of alkyl carbamates (subject to hydrolysis) is 1. The van der Waals surface area contributed by atoms with Crippen molar-refractivity contribution < 1.29 is 41.9 Å². The fourth-order valence-electron chi connectivity index (χ4n) is 6.35. The van der Waals surface area contributed by atoms with Crippen LogP contribution < -0.4 is 25.4 Å². The van der Waals surface area contributed by atoms with Crippen molar-refractivity contribution in [2.45, 2.75) is 67.5 Å². The summed E-state index contributed by atoms with van der Waals surface area (Å²) in [6.07, 6.45) is 8.32. The molecule has 6 rings (SSSR count). The van der Waals surface area contributed by atoms with Gasteiger partial charge in [0.15, 0.2) is 0 Å². The summed E-state index contributed by atoms with van der Waals surface area (Å²) in [5, 5.41) is 8.64. The number of sulfonamides is 1. The summed E-state index contributed by atoms with van der Waals surface area (Å²) >= 11 is 0. The lowest BCUT2D eigenvalue weighted by molar-refractivity contribution is -0.141. The molecule has 5 amide bonds. The van der Waals surface area contributed by atoms with Gasteiger partial charge in [-0.1, -0.05) is 36.9 Å². The molecule has 51 heavy (non-hydrogen) atoms. The number of hydrogen-bond donors (Lipinski definition) is 4. The second-order valence-corrected chi connectivity index (χ2v) is 15.0. The van der Waals surface area contributed by atoms with Crippen LogP contribution in [0.5, 0.6) is 5.88 Å². The number of benzene rings is 1. The summed E-state index contributed by atoms with van der Waals surface area (Å²) in [5.74, 6) is -3.22. The summed E-state index contributed by atoms with van der Waals surface area (Å²) in [5.41, 5.74) is -0.709. The van der Waals surface area contributed by atoms with Crippen molar-refractivity contribution in [3.63, 3.8) is 0 Å². The highest BCUT2D eigenvalue weighted by molar-refractivity contribution is 7.91. The standard InChI is InChI=1S/C35H40N6O9S/c1-3-23-18-35(23,33(45)40-51(47,48)25-11-12-25)39-30(43)28-17-24-20-41(28)32(44)27(19-37-29(42)4-2)38-34(46)49-15-7-5-6-8-21-9-10-22-13-14-36-31(50-24)26(22)16-21/h3-4,6,8-10,13-14,16,23-25,27-28H,1-2,5,7,11-12,15,17-20H2,(H,37,42)(H,38,46)(H,39,43)(H,40,45)/b8-6+/t23-,24?,27+,28+,35-/m1/s1. The van der Waals surface area contributed by atoms with Crippen LogP contribution in [0.15, 0.2) is 61.8 Å². The Bertz CT molecular complexity index is 1910. The van der Waals surface area contributed by atoms with E-state index >= 15 is 0 Å². The van der Waals surface area contributed by atoms with Crippen LogP contribution in [0.1, 0.15) is 44.1 Å². The maximum Gasteiger partial charge on any atom is 0.407 e. The van der Waals surface area contributed by atoms with E-state index in [1.807, 2.05) is 36.4 Å². The van der Waals surface area contributed by atoms with Crippen LogP contribution >= 0.6 is 0 Å². The van der Waals surface area contributed by atoms with Gasteiger partial charge in [-0.15, -0.1) is 6.58 Å². The van der Waals surface area contributed by atoms with Crippen molar-refractivity contribution in [1.29, 1.82) is 0 Å². The number of nitrogens with zero attached hydrogens (tertiary/aromatic N) is 2. The van der Waals surface area contributed by atoms with E-state index in [1.54, 1.807) is 6.20 Å². The normalized spacial score (nSPS) is 27.1. The molecule has 1 aromatic carbocycles. The van der Waals surface area contributed by atoms with E-state index in [9.17, 15) is 32.4 Å². The molecule has 15 nitrogen and oxygen atoms in total. The molecule has 0 spiro atoms. The van der Waals surface area contributed by atoms with Gasteiger partial charge in [-0.25, -0.2) is 18.2 Å². The van der Waals surface area contributed by atoms with Crippen LogP contribution in [0.25, 0.3) is 16.8 Å². The minimum Gasteiger partial charge on any atom is -0.472 e. The van der Waals surface area contributed by atoms with Crippen molar-refractivity contribution in [2.75, 3.05) is 19.7 Å². The Morgan fingerprint density at radius 1 is 1.16 bits per heavy atom. The first-order chi connectivity index (χ1) is 24.4. The number of fused-ring (bicyclic) bond motifs is 3. The van der Waals surface area contributed by atoms with E-state index in [-0.39, 0.29) is 38.4 Å². The first-order valence-electron chi connectivity index (χ1n) is 16.8. The molecule has 16 heteroatoms. The molecule has 0 radical (unpaired) electrons. The van der Waals surface area contributed by atoms with Crippen molar-refractivity contribution in [3.8, 4) is 5.88 Å². The van der Waals surface area contributed by atoms with Crippen molar-refractivity contribution in [1.82, 2.24) is 30.6 Å². The molecule has 1 unspecified atom stereocenters. The van der Waals surface area contributed by atoms with Crippen LogP contribution in [-0.2, 0) is 33.9 Å². The zero-order valence-electron chi connectivity index (χ0n) is 27.8. The number of hydrogen-bond acceptors (Lipinski definition) is 10. The molecule has 4 N–H and O–H groups in total. The highest BCUT2D eigenvalue weighted by Gasteiger charge is 2.62. The smallest absolute Gasteiger partial charge is 0.407 e. The fourth-order valence-corrected chi connectivity index (χ4v) is 7.72. The first-order valence-corrected chi connectivity index (χ1v) is 18.4. The average molecular weight is 721 g/mol. The van der Waals surface area contributed by atoms with E-state index in [0.717, 1.165) is 17.0 Å². The van der Waals surface area contributed by atoms with Gasteiger partial charge in [-0.2, -0.15) is 0 Å². The van der Waals surface area contributed by atoms with Gasteiger partial charge in [0.1, 0.15) is 23.7 Å². The predicted octanol–water partition coefficient (Wildman–Crippen LogP) is 1.46. The Morgan fingerprint density at radius 3 is 2.69 bits per heavy atom. The van der Waals surface area contributed by atoms with Crippen molar-refractivity contribution >= 4 is 56.6 Å². The van der Waals surface area contributed by atoms with Crippen LogP contribution in [0, 0.1) is 5.92 Å². The molecular formula is C35H40N6O9S. The summed E-state index contributed by atoms with van der Waals surface area (Å²) in [4.78, 5) is 72.4. The molecular weight excluding hydrogens is 680 g/mol. The van der Waals surface area contributed by atoms with Crippen molar-refractivity contribution in [2.24, 2.45) is 5.92 Å². The lowest BCUT2D eigenvalue weighted by atomic mass is 10.1. The number of ether oxygens (including phenoxy) is 2. The summed E-state index contributed by atoms with van der Waals surface area (Å²) < 4.78 is 39.1. The van der Waals surface area contributed by atoms with Gasteiger partial charge in [0, 0.05) is 30.5 Å². The summed E-state index contributed by atoms with van der Waals surface area (Å²) in [6, 6.07) is 5.03. The maximum atomic E-state index is 14.2. The number of nitrogens with one attached hydrogen (secondary N) is 4. The Kier molecular flexibility index (Phi) is 10.1. The lowest BCUT2D eigenvalue weighted by Crippen LogP contribution is -2.59. The molecule has 3 fully saturated rings. The third-order valence-corrected chi connectivity index (χ3v) is 11.3. The second kappa shape index (κ2) is 14.5. The lowest BCUT2D eigenvalue weighted by Gasteiger charge is -2.29. The highest BCUT2D eigenvalue weighted by atomic mass is 32.2. The van der Waals surface area contributed by atoms with E-state index < -0.39 is 74.6 Å². The van der Waals surface area contributed by atoms with Gasteiger partial charge in [0.05, 0.1) is 18.4 Å². The Balaban J connectivity index is 1.32. The molecule has 2 aromatic rings. The Morgan fingerprint density at radius 2 is 1.96 bits per heavy atom. The first kappa shape index (κ1) is 35.6. The SMILES string of the molecule is C=CC(=O)NC[C@@H]1NC(=O)OCCC/C=C/c2ccc3ccnc(c3c2)OC2C[C@@H](C(=O)N[C@]3(C(=O)NS(=O)(=O)C4CC4)C[C@H]3C=C)N(C2)C1=O. The predicted molar refractivity (Wildman–Crippen MR) is 185 cm³/mol. The third-order valence-electron chi connectivity index (χ3n) is 9.44. The average Bonchev–Trinajstić information content (AvgIpc) is 4.04. The number of aromatic nitrogens is 1.